The molecule has 0 saturated heterocycles. The number of alkyl halides is 1. The van der Waals surface area contributed by atoms with Gasteiger partial charge in [-0.05, 0) is 11.6 Å². The number of carboxylic acid groups (broad SMARTS) is 1. The van der Waals surface area contributed by atoms with Crippen molar-refractivity contribution in [3.63, 3.8) is 0 Å². The number of amidine groups is 2. The number of halogens is 2. The number of carbonyl (C=O) groups excluding carboxylic acids is 1. The van der Waals surface area contributed by atoms with Crippen molar-refractivity contribution in [1.82, 2.24) is 5.32 Å². The van der Waals surface area contributed by atoms with Crippen LogP contribution < -0.4 is 40.0 Å². The van der Waals surface area contributed by atoms with E-state index in [0.717, 1.165) is 0 Å². The van der Waals surface area contributed by atoms with Crippen LogP contribution in [0.1, 0.15) is 6.42 Å². The molecule has 0 spiro atoms. The fourth-order valence-corrected chi connectivity index (χ4v) is 1.59. The van der Waals surface area contributed by atoms with E-state index in [-0.39, 0.29) is 40.7 Å². The molecule has 0 radical (unpaired) electrons. The second-order valence-electron chi connectivity index (χ2n) is 3.32. The van der Waals surface area contributed by atoms with Gasteiger partial charge < -0.3 is 24.7 Å². The number of aliphatic imine (C=N–C) groups is 2. The van der Waals surface area contributed by atoms with E-state index >= 15 is 0 Å². The quantitative estimate of drug-likeness (QED) is 0.225. The molecular weight excluding hydrogens is 308 g/mol. The SMILES string of the molecule is COCCOCCC1=NC(Cl)(C(=O)[O-])N=C(Cl)N1.[Na+]. The van der Waals surface area contributed by atoms with Crippen LogP contribution in [0.3, 0.4) is 0 Å². The molecule has 1 aliphatic rings. The number of carboxylic acids is 1. The van der Waals surface area contributed by atoms with Crippen molar-refractivity contribution in [3.8, 4) is 0 Å². The van der Waals surface area contributed by atoms with Crippen LogP contribution in [0.2, 0.25) is 0 Å². The summed E-state index contributed by atoms with van der Waals surface area (Å²) in [7, 11) is 1.56. The van der Waals surface area contributed by atoms with E-state index < -0.39 is 11.1 Å². The molecule has 0 bridgehead atoms. The number of nitrogens with zero attached hydrogens (tertiary/aromatic N) is 2. The minimum absolute atomic E-state index is 0. The molecule has 1 rings (SSSR count). The Morgan fingerprint density at radius 3 is 2.68 bits per heavy atom. The van der Waals surface area contributed by atoms with Gasteiger partial charge in [0.2, 0.25) is 0 Å². The van der Waals surface area contributed by atoms with Crippen molar-refractivity contribution < 1.29 is 48.9 Å². The van der Waals surface area contributed by atoms with Crippen molar-refractivity contribution in [2.45, 2.75) is 11.5 Å². The van der Waals surface area contributed by atoms with Crippen molar-refractivity contribution in [3.05, 3.63) is 0 Å². The van der Waals surface area contributed by atoms with Gasteiger partial charge in [0.05, 0.1) is 19.8 Å². The third-order valence-corrected chi connectivity index (χ3v) is 2.45. The van der Waals surface area contributed by atoms with Crippen molar-refractivity contribution in [2.75, 3.05) is 26.9 Å². The van der Waals surface area contributed by atoms with E-state index in [4.69, 9.17) is 32.7 Å². The molecule has 1 aliphatic heterocycles. The second-order valence-corrected chi connectivity index (χ2v) is 4.20. The van der Waals surface area contributed by atoms with Gasteiger partial charge >= 0.3 is 29.6 Å². The van der Waals surface area contributed by atoms with Crippen molar-refractivity contribution in [2.24, 2.45) is 9.98 Å². The maximum Gasteiger partial charge on any atom is 1.00 e. The van der Waals surface area contributed by atoms with Crippen LogP contribution in [0.15, 0.2) is 9.98 Å². The van der Waals surface area contributed by atoms with Gasteiger partial charge in [-0.1, -0.05) is 11.6 Å². The molecule has 0 saturated carbocycles. The van der Waals surface area contributed by atoms with E-state index in [2.05, 4.69) is 15.3 Å². The molecule has 1 N–H and O–H groups in total. The smallest absolute Gasteiger partial charge is 0.544 e. The Labute approximate surface area is 142 Å². The average molecular weight is 320 g/mol. The summed E-state index contributed by atoms with van der Waals surface area (Å²) < 4.78 is 10.0. The van der Waals surface area contributed by atoms with Crippen LogP contribution in [-0.4, -0.2) is 49.2 Å². The molecule has 102 valence electrons. The Bertz CT molecular complexity index is 380. The number of ether oxygens (including phenoxy) is 2. The second kappa shape index (κ2) is 9.12. The predicted molar refractivity (Wildman–Crippen MR) is 64.8 cm³/mol. The Kier molecular flexibility index (Phi) is 9.17. The largest absolute Gasteiger partial charge is 1.00 e. The predicted octanol–water partition coefficient (Wildman–Crippen LogP) is -3.72. The zero-order valence-electron chi connectivity index (χ0n) is 10.6. The minimum Gasteiger partial charge on any atom is -0.544 e. The van der Waals surface area contributed by atoms with Gasteiger partial charge in [-0.2, -0.15) is 0 Å². The summed E-state index contributed by atoms with van der Waals surface area (Å²) >= 11 is 11.3. The van der Waals surface area contributed by atoms with E-state index in [1.807, 2.05) is 0 Å². The van der Waals surface area contributed by atoms with Crippen molar-refractivity contribution >= 4 is 40.3 Å². The number of carbonyl (C=O) groups is 1. The number of rotatable bonds is 7. The normalized spacial score (nSPS) is 21.8. The maximum absolute atomic E-state index is 10.8. The molecule has 7 nitrogen and oxygen atoms in total. The fraction of sp³-hybridized carbons (Fsp3) is 0.667. The van der Waals surface area contributed by atoms with Crippen LogP contribution in [0.5, 0.6) is 0 Å². The number of hydrogen-bond acceptors (Lipinski definition) is 7. The zero-order chi connectivity index (χ0) is 13.6. The first kappa shape index (κ1) is 19.1. The molecule has 0 aliphatic carbocycles. The number of hydrogen-bond donors (Lipinski definition) is 1. The third-order valence-electron chi connectivity index (χ3n) is 1.95. The molecule has 0 amide bonds. The monoisotopic (exact) mass is 319 g/mol. The summed E-state index contributed by atoms with van der Waals surface area (Å²) in [6.07, 6.45) is 0.317. The first-order chi connectivity index (χ1) is 8.48. The molecule has 0 fully saturated rings. The summed E-state index contributed by atoms with van der Waals surface area (Å²) in [6.45, 7) is 1.22. The third kappa shape index (κ3) is 6.40. The summed E-state index contributed by atoms with van der Waals surface area (Å²) in [5, 5.41) is 11.0. The topological polar surface area (TPSA) is 95.3 Å². The Balaban J connectivity index is 0.00000324. The van der Waals surface area contributed by atoms with E-state index in [1.165, 1.54) is 0 Å². The van der Waals surface area contributed by atoms with E-state index in [0.29, 0.717) is 26.2 Å². The molecular formula is C9H12Cl2N3NaO4. The fourth-order valence-electron chi connectivity index (χ4n) is 1.13. The molecule has 0 aromatic heterocycles. The first-order valence-corrected chi connectivity index (χ1v) is 5.81. The van der Waals surface area contributed by atoms with Gasteiger partial charge in [0, 0.05) is 13.5 Å². The van der Waals surface area contributed by atoms with Crippen LogP contribution in [0, 0.1) is 0 Å². The average Bonchev–Trinajstić information content (AvgIpc) is 2.27. The summed E-state index contributed by atoms with van der Waals surface area (Å²) in [4.78, 5) is 17.9. The minimum atomic E-state index is -2.20. The van der Waals surface area contributed by atoms with Gasteiger partial charge in [-0.25, -0.2) is 9.98 Å². The van der Waals surface area contributed by atoms with Gasteiger partial charge in [-0.3, -0.25) is 0 Å². The van der Waals surface area contributed by atoms with Gasteiger partial charge in [0.15, 0.2) is 5.29 Å². The molecule has 0 aromatic rings. The zero-order valence-corrected chi connectivity index (χ0v) is 14.1. The van der Waals surface area contributed by atoms with Crippen LogP contribution >= 0.6 is 23.2 Å². The summed E-state index contributed by atoms with van der Waals surface area (Å²) in [5.41, 5.74) is 0. The van der Waals surface area contributed by atoms with Crippen LogP contribution in [0.25, 0.3) is 0 Å². The van der Waals surface area contributed by atoms with E-state index in [1.54, 1.807) is 7.11 Å². The van der Waals surface area contributed by atoms with E-state index in [9.17, 15) is 9.90 Å². The van der Waals surface area contributed by atoms with Gasteiger partial charge in [0.1, 0.15) is 11.8 Å². The summed E-state index contributed by atoms with van der Waals surface area (Å²) in [5.74, 6) is -1.37. The van der Waals surface area contributed by atoms with Crippen LogP contribution in [0.4, 0.5) is 0 Å². The molecule has 1 heterocycles. The van der Waals surface area contributed by atoms with Gasteiger partial charge in [0.25, 0.3) is 5.12 Å². The maximum atomic E-state index is 10.8. The van der Waals surface area contributed by atoms with Crippen LogP contribution in [-0.2, 0) is 14.3 Å². The molecule has 1 atom stereocenters. The van der Waals surface area contributed by atoms with Crippen molar-refractivity contribution in [1.29, 1.82) is 0 Å². The Morgan fingerprint density at radius 2 is 2.11 bits per heavy atom. The molecule has 0 aromatic carbocycles. The Morgan fingerprint density at radius 1 is 1.42 bits per heavy atom. The summed E-state index contributed by atoms with van der Waals surface area (Å²) in [6, 6.07) is 0. The molecule has 10 heteroatoms. The van der Waals surface area contributed by atoms with Gasteiger partial charge in [-0.15, -0.1) is 0 Å². The molecule has 19 heavy (non-hydrogen) atoms. The first-order valence-electron chi connectivity index (χ1n) is 5.06. The Hall–Kier alpha value is 0.110. The standard InChI is InChI=1S/C9H13Cl2N3O4.Na/c1-17-4-5-18-3-2-6-12-8(10)14-9(11,13-6)7(15)16;/h2-5H2,1H3,(H,15,16)(H,12,13,14);/q;+1/p-1. The number of aliphatic carboxylic acids is 1. The number of methoxy groups -OCH3 is 1. The number of nitrogens with one attached hydrogen (secondary N) is 1. The molecule has 1 unspecified atom stereocenters.